The molecule has 0 saturated heterocycles. The average Bonchev–Trinajstić information content (AvgIpc) is 3.17. The molecule has 3 N–H and O–H groups in total. The van der Waals surface area contributed by atoms with Crippen molar-refractivity contribution >= 4 is 11.8 Å². The Bertz CT molecular complexity index is 665. The summed E-state index contributed by atoms with van der Waals surface area (Å²) < 4.78 is 13.5. The molecule has 1 aliphatic rings. The molecule has 1 saturated carbocycles. The predicted octanol–water partition coefficient (Wildman–Crippen LogP) is 3.06. The summed E-state index contributed by atoms with van der Waals surface area (Å²) in [5.41, 5.74) is 8.82. The first-order valence-corrected chi connectivity index (χ1v) is 6.71. The van der Waals surface area contributed by atoms with Gasteiger partial charge in [-0.15, -0.1) is 0 Å². The van der Waals surface area contributed by atoms with Crippen molar-refractivity contribution in [1.82, 2.24) is 9.97 Å². The monoisotopic (exact) mass is 272 g/mol. The van der Waals surface area contributed by atoms with Crippen LogP contribution < -0.4 is 11.1 Å². The molecule has 1 heterocycles. The fourth-order valence-electron chi connectivity index (χ4n) is 2.17. The summed E-state index contributed by atoms with van der Waals surface area (Å²) in [4.78, 5) is 8.46. The molecular formula is C15H17FN4. The number of aromatic nitrogens is 2. The Balaban J connectivity index is 2.04. The largest absolute Gasteiger partial charge is 0.368 e. The normalized spacial score (nSPS) is 14.3. The van der Waals surface area contributed by atoms with Gasteiger partial charge in [-0.25, -0.2) is 9.37 Å². The predicted molar refractivity (Wildman–Crippen MR) is 78.0 cm³/mol. The summed E-state index contributed by atoms with van der Waals surface area (Å²) in [5.74, 6) is 0.757. The van der Waals surface area contributed by atoms with Gasteiger partial charge in [0.2, 0.25) is 5.95 Å². The molecule has 0 bridgehead atoms. The number of nitrogens with two attached hydrogens (primary N) is 1. The number of rotatable bonds is 3. The highest BCUT2D eigenvalue weighted by atomic mass is 19.1. The van der Waals surface area contributed by atoms with Crippen LogP contribution in [0.15, 0.2) is 18.2 Å². The summed E-state index contributed by atoms with van der Waals surface area (Å²) in [6, 6.07) is 5.69. The smallest absolute Gasteiger partial charge is 0.222 e. The molecule has 4 nitrogen and oxygen atoms in total. The van der Waals surface area contributed by atoms with E-state index >= 15 is 0 Å². The summed E-state index contributed by atoms with van der Waals surface area (Å²) in [5, 5.41) is 3.31. The number of anilines is 2. The Morgan fingerprint density at radius 2 is 1.90 bits per heavy atom. The molecule has 1 aromatic heterocycles. The van der Waals surface area contributed by atoms with Crippen LogP contribution in [0.4, 0.5) is 16.2 Å². The van der Waals surface area contributed by atoms with Crippen molar-refractivity contribution in [2.75, 3.05) is 11.1 Å². The number of benzene rings is 1. The summed E-state index contributed by atoms with van der Waals surface area (Å²) >= 11 is 0. The molecule has 1 aromatic carbocycles. The molecule has 5 heteroatoms. The molecule has 0 atom stereocenters. The van der Waals surface area contributed by atoms with Crippen molar-refractivity contribution < 1.29 is 4.39 Å². The van der Waals surface area contributed by atoms with E-state index in [1.807, 2.05) is 13.0 Å². The molecule has 104 valence electrons. The second-order valence-corrected chi connectivity index (χ2v) is 5.33. The van der Waals surface area contributed by atoms with Gasteiger partial charge in [-0.2, -0.15) is 4.98 Å². The van der Waals surface area contributed by atoms with Crippen LogP contribution in [0.3, 0.4) is 0 Å². The van der Waals surface area contributed by atoms with Crippen LogP contribution >= 0.6 is 0 Å². The van der Waals surface area contributed by atoms with Crippen LogP contribution in [0.5, 0.6) is 0 Å². The maximum Gasteiger partial charge on any atom is 0.222 e. The molecule has 0 aliphatic heterocycles. The Kier molecular flexibility index (Phi) is 3.04. The second-order valence-electron chi connectivity index (χ2n) is 5.33. The van der Waals surface area contributed by atoms with Gasteiger partial charge >= 0.3 is 0 Å². The zero-order chi connectivity index (χ0) is 14.3. The number of hydrogen-bond acceptors (Lipinski definition) is 4. The molecule has 20 heavy (non-hydrogen) atoms. The highest BCUT2D eigenvalue weighted by Gasteiger charge is 2.22. The summed E-state index contributed by atoms with van der Waals surface area (Å²) in [6.45, 7) is 3.61. The number of nitrogens with zero attached hydrogens (tertiary/aromatic N) is 2. The van der Waals surface area contributed by atoms with Gasteiger partial charge in [-0.1, -0.05) is 0 Å². The van der Waals surface area contributed by atoms with Crippen LogP contribution in [0.25, 0.3) is 11.3 Å². The molecule has 1 fully saturated rings. The Labute approximate surface area is 117 Å². The third kappa shape index (κ3) is 2.57. The van der Waals surface area contributed by atoms with Crippen LogP contribution in [0.1, 0.15) is 24.0 Å². The zero-order valence-electron chi connectivity index (χ0n) is 11.6. The standard InChI is InChI=1S/C15H17FN4/c1-8-6-12(16)9(2)5-11(8)13-7-14(18-10-3-4-10)20-15(17)19-13/h5-7,10H,3-4H2,1-2H3,(H3,17,18,19,20). The van der Waals surface area contributed by atoms with Crippen LogP contribution in [0.2, 0.25) is 0 Å². The lowest BCUT2D eigenvalue weighted by atomic mass is 10.0. The first-order chi connectivity index (χ1) is 9.52. The fourth-order valence-corrected chi connectivity index (χ4v) is 2.17. The minimum Gasteiger partial charge on any atom is -0.368 e. The highest BCUT2D eigenvalue weighted by Crippen LogP contribution is 2.29. The lowest BCUT2D eigenvalue weighted by molar-refractivity contribution is 0.617. The maximum absolute atomic E-state index is 13.5. The van der Waals surface area contributed by atoms with E-state index < -0.39 is 0 Å². The number of nitrogens with one attached hydrogen (secondary N) is 1. The van der Waals surface area contributed by atoms with E-state index in [1.165, 1.54) is 6.07 Å². The van der Waals surface area contributed by atoms with Crippen LogP contribution in [-0.2, 0) is 0 Å². The van der Waals surface area contributed by atoms with Crippen molar-refractivity contribution in [3.05, 3.63) is 35.1 Å². The molecule has 3 rings (SSSR count). The number of hydrogen-bond donors (Lipinski definition) is 2. The molecule has 2 aromatic rings. The topological polar surface area (TPSA) is 63.8 Å². The first kappa shape index (κ1) is 12.8. The first-order valence-electron chi connectivity index (χ1n) is 6.71. The third-order valence-corrected chi connectivity index (χ3v) is 3.45. The van der Waals surface area contributed by atoms with Gasteiger partial charge in [0.1, 0.15) is 11.6 Å². The van der Waals surface area contributed by atoms with Gasteiger partial charge < -0.3 is 11.1 Å². The number of nitrogen functional groups attached to an aromatic ring is 1. The molecular weight excluding hydrogens is 255 g/mol. The maximum atomic E-state index is 13.5. The summed E-state index contributed by atoms with van der Waals surface area (Å²) in [7, 11) is 0. The van der Waals surface area contributed by atoms with E-state index in [4.69, 9.17) is 5.73 Å². The van der Waals surface area contributed by atoms with Crippen molar-refractivity contribution in [1.29, 1.82) is 0 Å². The molecule has 0 unspecified atom stereocenters. The van der Waals surface area contributed by atoms with Crippen molar-refractivity contribution in [2.24, 2.45) is 0 Å². The average molecular weight is 272 g/mol. The van der Waals surface area contributed by atoms with E-state index in [-0.39, 0.29) is 11.8 Å². The number of aryl methyl sites for hydroxylation is 2. The Morgan fingerprint density at radius 3 is 2.60 bits per heavy atom. The molecule has 1 aliphatic carbocycles. The van der Waals surface area contributed by atoms with Crippen molar-refractivity contribution in [2.45, 2.75) is 32.7 Å². The zero-order valence-corrected chi connectivity index (χ0v) is 11.6. The summed E-state index contributed by atoms with van der Waals surface area (Å²) in [6.07, 6.45) is 2.32. The van der Waals surface area contributed by atoms with Crippen LogP contribution in [-0.4, -0.2) is 16.0 Å². The van der Waals surface area contributed by atoms with Crippen LogP contribution in [0, 0.1) is 19.7 Å². The lowest BCUT2D eigenvalue weighted by Gasteiger charge is -2.10. The molecule has 0 radical (unpaired) electrons. The third-order valence-electron chi connectivity index (χ3n) is 3.45. The van der Waals surface area contributed by atoms with Gasteiger partial charge in [0.05, 0.1) is 5.69 Å². The SMILES string of the molecule is Cc1cc(-c2cc(NC3CC3)nc(N)n2)c(C)cc1F. The Morgan fingerprint density at radius 1 is 1.15 bits per heavy atom. The lowest BCUT2D eigenvalue weighted by Crippen LogP contribution is -2.07. The van der Waals surface area contributed by atoms with E-state index in [0.717, 1.165) is 35.5 Å². The van der Waals surface area contributed by atoms with Gasteiger partial charge in [0.25, 0.3) is 0 Å². The van der Waals surface area contributed by atoms with Crippen molar-refractivity contribution in [3.63, 3.8) is 0 Å². The van der Waals surface area contributed by atoms with E-state index in [9.17, 15) is 4.39 Å². The fraction of sp³-hybridized carbons (Fsp3) is 0.333. The van der Waals surface area contributed by atoms with E-state index in [2.05, 4.69) is 15.3 Å². The Hall–Kier alpha value is -2.17. The second kappa shape index (κ2) is 4.74. The van der Waals surface area contributed by atoms with Gasteiger partial charge in [-0.3, -0.25) is 0 Å². The quantitative estimate of drug-likeness (QED) is 0.901. The molecule has 0 spiro atoms. The molecule has 0 amide bonds. The van der Waals surface area contributed by atoms with E-state index in [1.54, 1.807) is 13.0 Å². The van der Waals surface area contributed by atoms with Crippen molar-refractivity contribution in [3.8, 4) is 11.3 Å². The number of halogens is 1. The van der Waals surface area contributed by atoms with Gasteiger partial charge in [0, 0.05) is 17.7 Å². The van der Waals surface area contributed by atoms with Gasteiger partial charge in [0.15, 0.2) is 0 Å². The highest BCUT2D eigenvalue weighted by molar-refractivity contribution is 5.68. The van der Waals surface area contributed by atoms with Gasteiger partial charge in [-0.05, 0) is 49.9 Å². The minimum absolute atomic E-state index is 0.204. The van der Waals surface area contributed by atoms with E-state index in [0.29, 0.717) is 11.6 Å². The minimum atomic E-state index is -0.204.